The second-order valence-corrected chi connectivity index (χ2v) is 8.44. The maximum Gasteiger partial charge on any atom is 0.435 e. The van der Waals surface area contributed by atoms with Gasteiger partial charge in [0.05, 0.1) is 34.9 Å². The van der Waals surface area contributed by atoms with Crippen LogP contribution >= 0.6 is 0 Å². The van der Waals surface area contributed by atoms with Gasteiger partial charge in [-0.25, -0.2) is 9.37 Å². The molecule has 1 amide bonds. The molecule has 0 aromatic carbocycles. The minimum atomic E-state index is -4.57. The zero-order chi connectivity index (χ0) is 24.5. The lowest BCUT2D eigenvalue weighted by atomic mass is 9.96. The van der Waals surface area contributed by atoms with Crippen LogP contribution in [-0.2, 0) is 33.7 Å². The summed E-state index contributed by atoms with van der Waals surface area (Å²) in [5, 5.41) is 8.55. The molecule has 0 fully saturated rings. The molecule has 1 aliphatic heterocycles. The van der Waals surface area contributed by atoms with Crippen LogP contribution in [0, 0.1) is 5.82 Å². The second kappa shape index (κ2) is 7.40. The van der Waals surface area contributed by atoms with Gasteiger partial charge in [0.15, 0.2) is 11.5 Å². The molecule has 0 radical (unpaired) electrons. The Morgan fingerprint density at radius 3 is 2.56 bits per heavy atom. The SMILES string of the molecule is CC1c2nn(C)c(-c3cc(C(F)(F)F)nn3C)c2CCN1C(=O)c1c(F)cnc2c1ccn2C. The maximum atomic E-state index is 14.7. The van der Waals surface area contributed by atoms with Crippen LogP contribution in [0.1, 0.15) is 40.3 Å². The molecule has 1 aliphatic rings. The highest BCUT2D eigenvalue weighted by molar-refractivity contribution is 6.06. The lowest BCUT2D eigenvalue weighted by Gasteiger charge is -2.33. The summed E-state index contributed by atoms with van der Waals surface area (Å²) in [4.78, 5) is 19.1. The highest BCUT2D eigenvalue weighted by Crippen LogP contribution is 2.38. The molecular formula is C22H21F4N7O. The van der Waals surface area contributed by atoms with Crippen molar-refractivity contribution in [3.8, 4) is 11.4 Å². The Bertz CT molecular complexity index is 1450. The molecule has 0 N–H and O–H groups in total. The number of amides is 1. The molecule has 0 saturated carbocycles. The van der Waals surface area contributed by atoms with E-state index >= 15 is 0 Å². The molecule has 0 spiro atoms. The smallest absolute Gasteiger partial charge is 0.336 e. The van der Waals surface area contributed by atoms with Crippen LogP contribution in [-0.4, -0.2) is 46.5 Å². The molecule has 34 heavy (non-hydrogen) atoms. The lowest BCUT2D eigenvalue weighted by Crippen LogP contribution is -2.39. The summed E-state index contributed by atoms with van der Waals surface area (Å²) in [6.45, 7) is 2.03. The Morgan fingerprint density at radius 1 is 1.15 bits per heavy atom. The largest absolute Gasteiger partial charge is 0.435 e. The first-order valence-electron chi connectivity index (χ1n) is 10.6. The van der Waals surface area contributed by atoms with E-state index in [0.717, 1.165) is 17.8 Å². The van der Waals surface area contributed by atoms with Crippen LogP contribution in [0.2, 0.25) is 0 Å². The van der Waals surface area contributed by atoms with Gasteiger partial charge < -0.3 is 9.47 Å². The standard InChI is InChI=1S/C22H21F4N7O/c1-11-18-13(19(32(4)29-18)15-9-16(22(24,25)26)28-31(15)3)6-8-33(11)21(34)17-12-5-7-30(2)20(12)27-10-14(17)23/h5,7,9-11H,6,8H2,1-4H3. The number of carbonyl (C=O) groups is 1. The summed E-state index contributed by atoms with van der Waals surface area (Å²) >= 11 is 0. The van der Waals surface area contributed by atoms with E-state index < -0.39 is 29.6 Å². The van der Waals surface area contributed by atoms with Crippen molar-refractivity contribution >= 4 is 16.9 Å². The topological polar surface area (TPSA) is 73.8 Å². The number of hydrogen-bond donors (Lipinski definition) is 0. The number of halogens is 4. The number of hydrogen-bond acceptors (Lipinski definition) is 4. The molecule has 0 aliphatic carbocycles. The number of pyridine rings is 1. The van der Waals surface area contributed by atoms with Crippen molar-refractivity contribution in [2.75, 3.05) is 6.54 Å². The van der Waals surface area contributed by atoms with Crippen LogP contribution in [0.4, 0.5) is 17.6 Å². The number of aromatic nitrogens is 6. The van der Waals surface area contributed by atoms with Crippen molar-refractivity contribution in [1.29, 1.82) is 0 Å². The molecule has 12 heteroatoms. The summed E-state index contributed by atoms with van der Waals surface area (Å²) < 4.78 is 58.7. The number of aryl methyl sites for hydroxylation is 3. The van der Waals surface area contributed by atoms with E-state index in [-0.39, 0.29) is 17.8 Å². The number of alkyl halides is 3. The second-order valence-electron chi connectivity index (χ2n) is 8.44. The Kier molecular flexibility index (Phi) is 4.81. The van der Waals surface area contributed by atoms with Crippen molar-refractivity contribution in [3.63, 3.8) is 0 Å². The first kappa shape index (κ1) is 22.1. The van der Waals surface area contributed by atoms with E-state index in [1.54, 1.807) is 37.8 Å². The molecule has 178 valence electrons. The van der Waals surface area contributed by atoms with Gasteiger partial charge in [-0.3, -0.25) is 14.2 Å². The molecule has 1 unspecified atom stereocenters. The quantitative estimate of drug-likeness (QED) is 0.415. The summed E-state index contributed by atoms with van der Waals surface area (Å²) in [7, 11) is 4.85. The molecule has 0 bridgehead atoms. The first-order valence-corrected chi connectivity index (χ1v) is 10.6. The Hall–Kier alpha value is -3.70. The van der Waals surface area contributed by atoms with Crippen LogP contribution in [0.5, 0.6) is 0 Å². The normalized spacial score (nSPS) is 16.4. The first-order chi connectivity index (χ1) is 16.0. The van der Waals surface area contributed by atoms with E-state index in [0.29, 0.717) is 28.8 Å². The van der Waals surface area contributed by atoms with Crippen molar-refractivity contribution in [2.45, 2.75) is 25.6 Å². The lowest BCUT2D eigenvalue weighted by molar-refractivity contribution is -0.141. The van der Waals surface area contributed by atoms with Crippen LogP contribution in [0.25, 0.3) is 22.4 Å². The third-order valence-corrected chi connectivity index (χ3v) is 6.38. The third-order valence-electron chi connectivity index (χ3n) is 6.38. The molecule has 5 heterocycles. The van der Waals surface area contributed by atoms with Crippen molar-refractivity contribution in [3.05, 3.63) is 52.9 Å². The van der Waals surface area contributed by atoms with Crippen molar-refractivity contribution in [1.82, 2.24) is 34.0 Å². The number of nitrogens with zero attached hydrogens (tertiary/aromatic N) is 7. The van der Waals surface area contributed by atoms with E-state index in [9.17, 15) is 22.4 Å². The number of fused-ring (bicyclic) bond motifs is 2. The molecule has 4 aromatic rings. The Labute approximate surface area is 191 Å². The monoisotopic (exact) mass is 475 g/mol. The fourth-order valence-electron chi connectivity index (χ4n) is 4.72. The third kappa shape index (κ3) is 3.19. The predicted octanol–water partition coefficient (Wildman–Crippen LogP) is 3.62. The molecular weight excluding hydrogens is 454 g/mol. The van der Waals surface area contributed by atoms with E-state index in [1.165, 1.54) is 21.3 Å². The predicted molar refractivity (Wildman–Crippen MR) is 114 cm³/mol. The summed E-state index contributed by atoms with van der Waals surface area (Å²) in [5.74, 6) is -1.20. The van der Waals surface area contributed by atoms with Gasteiger partial charge in [0.1, 0.15) is 5.65 Å². The van der Waals surface area contributed by atoms with Gasteiger partial charge in [0, 0.05) is 44.8 Å². The summed E-state index contributed by atoms with van der Waals surface area (Å²) in [6, 6.07) is 2.13. The molecule has 4 aromatic heterocycles. The summed E-state index contributed by atoms with van der Waals surface area (Å²) in [5.41, 5.74) is 1.55. The zero-order valence-corrected chi connectivity index (χ0v) is 18.9. The fourth-order valence-corrected chi connectivity index (χ4v) is 4.72. The molecule has 8 nitrogen and oxygen atoms in total. The van der Waals surface area contributed by atoms with Gasteiger partial charge in [-0.15, -0.1) is 0 Å². The minimum Gasteiger partial charge on any atom is -0.336 e. The van der Waals surface area contributed by atoms with E-state index in [4.69, 9.17) is 0 Å². The van der Waals surface area contributed by atoms with E-state index in [2.05, 4.69) is 15.2 Å². The average molecular weight is 475 g/mol. The zero-order valence-electron chi connectivity index (χ0n) is 18.9. The van der Waals surface area contributed by atoms with Crippen LogP contribution in [0.15, 0.2) is 24.5 Å². The van der Waals surface area contributed by atoms with Crippen molar-refractivity contribution in [2.24, 2.45) is 21.1 Å². The highest BCUT2D eigenvalue weighted by Gasteiger charge is 2.38. The van der Waals surface area contributed by atoms with Gasteiger partial charge in [-0.1, -0.05) is 0 Å². The van der Waals surface area contributed by atoms with Gasteiger partial charge in [0.25, 0.3) is 5.91 Å². The maximum absolute atomic E-state index is 14.7. The fraction of sp³-hybridized carbons (Fsp3) is 0.364. The summed E-state index contributed by atoms with van der Waals surface area (Å²) in [6.07, 6.45) is -1.47. The van der Waals surface area contributed by atoms with Gasteiger partial charge in [-0.2, -0.15) is 23.4 Å². The molecule has 5 rings (SSSR count). The minimum absolute atomic E-state index is 0.0569. The van der Waals surface area contributed by atoms with Crippen LogP contribution in [0.3, 0.4) is 0 Å². The van der Waals surface area contributed by atoms with Crippen molar-refractivity contribution < 1.29 is 22.4 Å². The average Bonchev–Trinajstić information content (AvgIpc) is 3.42. The highest BCUT2D eigenvalue weighted by atomic mass is 19.4. The van der Waals surface area contributed by atoms with Gasteiger partial charge in [0.2, 0.25) is 0 Å². The Balaban J connectivity index is 1.55. The van der Waals surface area contributed by atoms with Gasteiger partial charge in [-0.05, 0) is 25.5 Å². The van der Waals surface area contributed by atoms with Gasteiger partial charge >= 0.3 is 6.18 Å². The van der Waals surface area contributed by atoms with Crippen LogP contribution < -0.4 is 0 Å². The van der Waals surface area contributed by atoms with E-state index in [1.807, 2.05) is 0 Å². The molecule has 0 saturated heterocycles. The molecule has 1 atom stereocenters. The number of carbonyl (C=O) groups excluding carboxylic acids is 1. The number of rotatable bonds is 2. The Morgan fingerprint density at radius 2 is 1.88 bits per heavy atom.